The summed E-state index contributed by atoms with van der Waals surface area (Å²) in [4.78, 5) is 33.1. The van der Waals surface area contributed by atoms with Gasteiger partial charge in [0.15, 0.2) is 11.5 Å². The third kappa shape index (κ3) is 5.81. The van der Waals surface area contributed by atoms with Crippen LogP contribution in [-0.2, 0) is 47.8 Å². The van der Waals surface area contributed by atoms with Gasteiger partial charge in [-0.15, -0.1) is 0 Å². The fourth-order valence-electron chi connectivity index (χ4n) is 7.76. The van der Waals surface area contributed by atoms with Crippen LogP contribution in [0.5, 0.6) is 23.0 Å². The van der Waals surface area contributed by atoms with E-state index in [-0.39, 0.29) is 51.8 Å². The molecule has 0 bridgehead atoms. The van der Waals surface area contributed by atoms with Gasteiger partial charge in [0.05, 0.1) is 53.1 Å². The molecule has 1 aliphatic carbocycles. The Bertz CT molecular complexity index is 1530. The second-order valence-corrected chi connectivity index (χ2v) is 11.7. The van der Waals surface area contributed by atoms with Crippen LogP contribution in [0.4, 0.5) is 0 Å². The van der Waals surface area contributed by atoms with E-state index in [0.29, 0.717) is 23.7 Å². The quantitative estimate of drug-likeness (QED) is 0.263. The minimum absolute atomic E-state index is 0. The van der Waals surface area contributed by atoms with Crippen LogP contribution in [0.15, 0.2) is 30.3 Å². The fourth-order valence-corrected chi connectivity index (χ4v) is 7.76. The van der Waals surface area contributed by atoms with Crippen LogP contribution in [0.3, 0.4) is 0 Å². The van der Waals surface area contributed by atoms with Crippen LogP contribution >= 0.6 is 0 Å². The van der Waals surface area contributed by atoms with Gasteiger partial charge in [0.1, 0.15) is 18.0 Å². The number of fused-ring (bicyclic) bond motifs is 6. The van der Waals surface area contributed by atoms with Gasteiger partial charge in [-0.3, -0.25) is 9.69 Å². The number of carbonyl (C=O) groups excluding carboxylic acids is 2. The molecule has 1 saturated heterocycles. The van der Waals surface area contributed by atoms with Crippen LogP contribution in [0.1, 0.15) is 40.5 Å². The molecule has 2 aliphatic heterocycles. The van der Waals surface area contributed by atoms with E-state index in [0.717, 1.165) is 37.2 Å². The first-order chi connectivity index (χ1) is 21.3. The van der Waals surface area contributed by atoms with Crippen LogP contribution in [0.25, 0.3) is 10.9 Å². The molecule has 6 rings (SSSR count). The van der Waals surface area contributed by atoms with Crippen molar-refractivity contribution in [2.75, 3.05) is 55.7 Å². The summed E-state index contributed by atoms with van der Waals surface area (Å²) in [5.41, 5.74) is 3.83. The zero-order chi connectivity index (χ0) is 31.1. The molecule has 1 saturated carbocycles. The Morgan fingerprint density at radius 3 is 2.27 bits per heavy atom. The van der Waals surface area contributed by atoms with Gasteiger partial charge in [-0.1, -0.05) is 0 Å². The standard InChI is InChI=1S/C33H40N2O9.Au/c1-38-19-7-8-20-21-9-10-35-16-18-13-27(44-32(36)17-11-25(39-2)30(41-4)26(12-17)40-3)31(42-5)28(33(37)43-6)22(18)15-24(35)29(21)34-23(20)14-19;/h7-8,11-12,14,18,22,24,27-28,31,34H,9-10,13,15-16H2,1-6H3;/t18-,22+,24-,27-,28+,31+;/m1./s1. The van der Waals surface area contributed by atoms with Crippen molar-refractivity contribution in [3.63, 3.8) is 0 Å². The zero-order valence-electron chi connectivity index (χ0n) is 26.3. The summed E-state index contributed by atoms with van der Waals surface area (Å²) < 4.78 is 39.1. The van der Waals surface area contributed by atoms with Crippen LogP contribution in [0.2, 0.25) is 0 Å². The van der Waals surface area contributed by atoms with E-state index in [1.807, 2.05) is 12.1 Å². The van der Waals surface area contributed by atoms with Gasteiger partial charge in [0, 0.05) is 65.2 Å². The Morgan fingerprint density at radius 2 is 1.64 bits per heavy atom. The van der Waals surface area contributed by atoms with Gasteiger partial charge >= 0.3 is 11.9 Å². The molecule has 45 heavy (non-hydrogen) atoms. The van der Waals surface area contributed by atoms with E-state index < -0.39 is 24.1 Å². The van der Waals surface area contributed by atoms with Crippen molar-refractivity contribution in [1.82, 2.24) is 9.88 Å². The second kappa shape index (κ2) is 13.6. The predicted octanol–water partition coefficient (Wildman–Crippen LogP) is 4.17. The summed E-state index contributed by atoms with van der Waals surface area (Å²) in [5.74, 6) is 0.441. The Balaban J connectivity index is 0.00000400. The number of rotatable bonds is 8. The number of aromatic nitrogens is 1. The number of benzene rings is 2. The molecule has 2 aromatic carbocycles. The molecule has 0 spiro atoms. The van der Waals surface area contributed by atoms with Crippen molar-refractivity contribution in [2.45, 2.75) is 37.5 Å². The average Bonchev–Trinajstić information content (AvgIpc) is 3.43. The first-order valence-electron chi connectivity index (χ1n) is 14.9. The maximum Gasteiger partial charge on any atom is 0.338 e. The third-order valence-electron chi connectivity index (χ3n) is 9.76. The smallest absolute Gasteiger partial charge is 0.338 e. The molecule has 11 nitrogen and oxygen atoms in total. The number of esters is 2. The second-order valence-electron chi connectivity index (χ2n) is 11.7. The van der Waals surface area contributed by atoms with Gasteiger partial charge in [0.2, 0.25) is 5.75 Å². The Hall–Kier alpha value is -3.22. The number of ether oxygens (including phenoxy) is 7. The number of hydrogen-bond acceptors (Lipinski definition) is 10. The van der Waals surface area contributed by atoms with E-state index in [1.54, 1.807) is 26.4 Å². The van der Waals surface area contributed by atoms with Crippen molar-refractivity contribution in [3.05, 3.63) is 47.2 Å². The molecule has 12 heteroatoms. The number of H-pyrrole nitrogens is 1. The SMILES string of the molecule is COC(=O)[C@H]1[C@H]2C[C@@H]3c4[nH]c5cc(OC)ccc5c4CCN3C[C@H]2C[C@@H](OC(=O)c2cc(OC)c(OC)c(OC)c2)[C@@H]1OC.[Au]. The zero-order valence-corrected chi connectivity index (χ0v) is 28.5. The summed E-state index contributed by atoms with van der Waals surface area (Å²) in [7, 11) is 9.10. The predicted molar refractivity (Wildman–Crippen MR) is 161 cm³/mol. The maximum atomic E-state index is 13.5. The first kappa shape index (κ1) is 33.2. The Morgan fingerprint density at radius 1 is 0.911 bits per heavy atom. The normalized spacial score (nSPS) is 25.6. The van der Waals surface area contributed by atoms with Crippen LogP contribution in [0, 0.1) is 17.8 Å². The molecule has 2 fully saturated rings. The minimum Gasteiger partial charge on any atom is -0.497 e. The van der Waals surface area contributed by atoms with E-state index in [9.17, 15) is 9.59 Å². The van der Waals surface area contributed by atoms with E-state index in [2.05, 4.69) is 16.0 Å². The van der Waals surface area contributed by atoms with Crippen LogP contribution < -0.4 is 18.9 Å². The molecule has 1 N–H and O–H groups in total. The van der Waals surface area contributed by atoms with Crippen molar-refractivity contribution in [2.24, 2.45) is 17.8 Å². The third-order valence-corrected chi connectivity index (χ3v) is 9.76. The van der Waals surface area contributed by atoms with E-state index >= 15 is 0 Å². The topological polar surface area (TPSA) is 118 Å². The van der Waals surface area contributed by atoms with Gasteiger partial charge in [-0.2, -0.15) is 0 Å². The molecule has 1 radical (unpaired) electrons. The van der Waals surface area contributed by atoms with E-state index in [1.165, 1.54) is 45.1 Å². The number of aromatic amines is 1. The summed E-state index contributed by atoms with van der Waals surface area (Å²) in [6.45, 7) is 1.68. The molecule has 3 aromatic rings. The average molecular weight is 806 g/mol. The summed E-state index contributed by atoms with van der Waals surface area (Å²) in [6.07, 6.45) is 0.920. The minimum atomic E-state index is -0.670. The molecule has 1 aromatic heterocycles. The van der Waals surface area contributed by atoms with Crippen molar-refractivity contribution in [1.29, 1.82) is 0 Å². The maximum absolute atomic E-state index is 13.5. The molecule has 247 valence electrons. The number of hydrogen-bond donors (Lipinski definition) is 1. The molecular formula is C33H40AuN2O9. The number of nitrogens with one attached hydrogen (secondary N) is 1. The van der Waals surface area contributed by atoms with Crippen molar-refractivity contribution in [3.8, 4) is 23.0 Å². The summed E-state index contributed by atoms with van der Waals surface area (Å²) >= 11 is 0. The molecule has 3 heterocycles. The van der Waals surface area contributed by atoms with Crippen molar-refractivity contribution < 1.29 is 65.1 Å². The number of piperidine rings is 1. The molecule has 0 unspecified atom stereocenters. The van der Waals surface area contributed by atoms with Gasteiger partial charge in [-0.05, 0) is 60.9 Å². The monoisotopic (exact) mass is 805 g/mol. The van der Waals surface area contributed by atoms with Crippen molar-refractivity contribution >= 4 is 22.8 Å². The summed E-state index contributed by atoms with van der Waals surface area (Å²) in [6, 6.07) is 9.40. The number of carbonyl (C=O) groups is 2. The number of methoxy groups -OCH3 is 6. The Kier molecular flexibility index (Phi) is 10.0. The molecule has 6 atom stereocenters. The fraction of sp³-hybridized carbons (Fsp3) is 0.515. The summed E-state index contributed by atoms with van der Waals surface area (Å²) in [5, 5.41) is 1.21. The molecular weight excluding hydrogens is 765 g/mol. The van der Waals surface area contributed by atoms with Gasteiger partial charge in [0.25, 0.3) is 0 Å². The van der Waals surface area contributed by atoms with Crippen LogP contribution in [-0.4, -0.2) is 89.8 Å². The number of nitrogens with zero attached hydrogens (tertiary/aromatic N) is 1. The molecule has 0 amide bonds. The molecule has 3 aliphatic rings. The Labute approximate surface area is 278 Å². The van der Waals surface area contributed by atoms with E-state index in [4.69, 9.17) is 33.2 Å². The van der Waals surface area contributed by atoms with Gasteiger partial charge < -0.3 is 38.1 Å². The first-order valence-corrected chi connectivity index (χ1v) is 14.9. The largest absolute Gasteiger partial charge is 0.497 e. The van der Waals surface area contributed by atoms with Gasteiger partial charge in [-0.25, -0.2) is 4.79 Å².